The van der Waals surface area contributed by atoms with Crippen molar-refractivity contribution < 1.29 is 4.79 Å². The largest absolute Gasteiger partial charge is 0.355 e. The second kappa shape index (κ2) is 6.25. The van der Waals surface area contributed by atoms with Crippen molar-refractivity contribution in [1.82, 2.24) is 10.3 Å². The quantitative estimate of drug-likeness (QED) is 0.810. The SMILES string of the molecule is O=C(CSCC1CC1)NCCc1nccs1. The maximum absolute atomic E-state index is 11.4. The third-order valence-corrected chi connectivity index (χ3v) is 4.44. The second-order valence-corrected chi connectivity index (χ2v) is 5.99. The van der Waals surface area contributed by atoms with Crippen LogP contribution in [0.15, 0.2) is 11.6 Å². The van der Waals surface area contributed by atoms with Gasteiger partial charge in [-0.2, -0.15) is 11.8 Å². The fourth-order valence-electron chi connectivity index (χ4n) is 1.34. The van der Waals surface area contributed by atoms with Crippen molar-refractivity contribution in [2.45, 2.75) is 19.3 Å². The zero-order valence-electron chi connectivity index (χ0n) is 9.15. The molecule has 1 aromatic heterocycles. The molecule has 0 spiro atoms. The topological polar surface area (TPSA) is 42.0 Å². The lowest BCUT2D eigenvalue weighted by atomic mass is 10.4. The van der Waals surface area contributed by atoms with Gasteiger partial charge in [0.25, 0.3) is 0 Å². The molecule has 1 saturated carbocycles. The highest BCUT2D eigenvalue weighted by molar-refractivity contribution is 7.99. The highest BCUT2D eigenvalue weighted by Gasteiger charge is 2.21. The summed E-state index contributed by atoms with van der Waals surface area (Å²) >= 11 is 3.39. The van der Waals surface area contributed by atoms with Gasteiger partial charge in [-0.15, -0.1) is 11.3 Å². The number of hydrogen-bond acceptors (Lipinski definition) is 4. The van der Waals surface area contributed by atoms with E-state index in [1.54, 1.807) is 29.3 Å². The first-order valence-electron chi connectivity index (χ1n) is 5.57. The van der Waals surface area contributed by atoms with E-state index in [0.717, 1.165) is 23.1 Å². The van der Waals surface area contributed by atoms with E-state index in [4.69, 9.17) is 0 Å². The Kier molecular flexibility index (Phi) is 4.66. The summed E-state index contributed by atoms with van der Waals surface area (Å²) in [6, 6.07) is 0. The van der Waals surface area contributed by atoms with Crippen molar-refractivity contribution in [3.05, 3.63) is 16.6 Å². The van der Waals surface area contributed by atoms with Gasteiger partial charge in [0.1, 0.15) is 0 Å². The Hall–Kier alpha value is -0.550. The van der Waals surface area contributed by atoms with Gasteiger partial charge in [0.15, 0.2) is 0 Å². The Labute approximate surface area is 104 Å². The number of aromatic nitrogens is 1. The first-order valence-corrected chi connectivity index (χ1v) is 7.61. The van der Waals surface area contributed by atoms with Crippen LogP contribution in [0.1, 0.15) is 17.8 Å². The fraction of sp³-hybridized carbons (Fsp3) is 0.636. The van der Waals surface area contributed by atoms with E-state index < -0.39 is 0 Å². The lowest BCUT2D eigenvalue weighted by Gasteiger charge is -2.03. The number of amides is 1. The Morgan fingerprint density at radius 2 is 2.50 bits per heavy atom. The highest BCUT2D eigenvalue weighted by atomic mass is 32.2. The Balaban J connectivity index is 1.49. The van der Waals surface area contributed by atoms with Gasteiger partial charge >= 0.3 is 0 Å². The summed E-state index contributed by atoms with van der Waals surface area (Å²) in [6.45, 7) is 0.705. The number of thiazole rings is 1. The maximum atomic E-state index is 11.4. The third-order valence-electron chi connectivity index (χ3n) is 2.43. The van der Waals surface area contributed by atoms with Crippen LogP contribution >= 0.6 is 23.1 Å². The molecule has 0 aliphatic heterocycles. The highest BCUT2D eigenvalue weighted by Crippen LogP contribution is 2.32. The molecule has 0 bridgehead atoms. The summed E-state index contributed by atoms with van der Waals surface area (Å²) in [4.78, 5) is 15.6. The zero-order chi connectivity index (χ0) is 11.2. The Bertz CT molecular complexity index is 323. The summed E-state index contributed by atoms with van der Waals surface area (Å²) in [7, 11) is 0. The van der Waals surface area contributed by atoms with Crippen molar-refractivity contribution in [1.29, 1.82) is 0 Å². The van der Waals surface area contributed by atoms with Crippen molar-refractivity contribution in [2.75, 3.05) is 18.1 Å². The minimum absolute atomic E-state index is 0.155. The van der Waals surface area contributed by atoms with Crippen LogP contribution in [0.3, 0.4) is 0 Å². The fourth-order valence-corrected chi connectivity index (χ4v) is 3.03. The number of thioether (sulfide) groups is 1. The number of hydrogen-bond donors (Lipinski definition) is 1. The van der Waals surface area contributed by atoms with Crippen molar-refractivity contribution >= 4 is 29.0 Å². The van der Waals surface area contributed by atoms with Crippen LogP contribution in [0, 0.1) is 5.92 Å². The van der Waals surface area contributed by atoms with Crippen LogP contribution < -0.4 is 5.32 Å². The number of nitrogens with zero attached hydrogens (tertiary/aromatic N) is 1. The van der Waals surface area contributed by atoms with Gasteiger partial charge in [-0.25, -0.2) is 4.98 Å². The van der Waals surface area contributed by atoms with E-state index in [1.165, 1.54) is 12.8 Å². The summed E-state index contributed by atoms with van der Waals surface area (Å²) < 4.78 is 0. The van der Waals surface area contributed by atoms with Gasteiger partial charge < -0.3 is 5.32 Å². The number of carbonyl (C=O) groups is 1. The molecule has 0 aromatic carbocycles. The van der Waals surface area contributed by atoms with Gasteiger partial charge in [0.05, 0.1) is 10.8 Å². The number of nitrogens with one attached hydrogen (secondary N) is 1. The molecule has 1 aliphatic rings. The first-order chi connectivity index (χ1) is 7.84. The molecule has 88 valence electrons. The average Bonchev–Trinajstić information content (AvgIpc) is 2.94. The third kappa shape index (κ3) is 4.53. The predicted molar refractivity (Wildman–Crippen MR) is 68.9 cm³/mol. The number of carbonyl (C=O) groups excluding carboxylic acids is 1. The molecule has 1 N–H and O–H groups in total. The number of rotatable bonds is 7. The lowest BCUT2D eigenvalue weighted by molar-refractivity contribution is -0.118. The van der Waals surface area contributed by atoms with E-state index in [9.17, 15) is 4.79 Å². The van der Waals surface area contributed by atoms with Crippen molar-refractivity contribution in [2.24, 2.45) is 5.92 Å². The average molecular weight is 256 g/mol. The maximum Gasteiger partial charge on any atom is 0.230 e. The minimum atomic E-state index is 0.155. The van der Waals surface area contributed by atoms with Gasteiger partial charge in [-0.05, 0) is 24.5 Å². The molecular weight excluding hydrogens is 240 g/mol. The van der Waals surface area contributed by atoms with E-state index in [1.807, 2.05) is 5.38 Å². The van der Waals surface area contributed by atoms with Crippen molar-refractivity contribution in [3.63, 3.8) is 0 Å². The van der Waals surface area contributed by atoms with Crippen LogP contribution in [-0.2, 0) is 11.2 Å². The molecule has 1 aliphatic carbocycles. The normalized spacial score (nSPS) is 15.0. The summed E-state index contributed by atoms with van der Waals surface area (Å²) in [5.74, 6) is 2.81. The van der Waals surface area contributed by atoms with E-state index >= 15 is 0 Å². The molecule has 0 atom stereocenters. The van der Waals surface area contributed by atoms with Crippen LogP contribution in [0.2, 0.25) is 0 Å². The monoisotopic (exact) mass is 256 g/mol. The molecule has 2 rings (SSSR count). The van der Waals surface area contributed by atoms with E-state index in [-0.39, 0.29) is 5.91 Å². The molecule has 1 aromatic rings. The summed E-state index contributed by atoms with van der Waals surface area (Å²) in [6.07, 6.45) is 5.36. The zero-order valence-corrected chi connectivity index (χ0v) is 10.8. The summed E-state index contributed by atoms with van der Waals surface area (Å²) in [5, 5.41) is 5.97. The molecule has 0 unspecified atom stereocenters. The van der Waals surface area contributed by atoms with Crippen LogP contribution in [0.25, 0.3) is 0 Å². The molecular formula is C11H16N2OS2. The second-order valence-electron chi connectivity index (χ2n) is 3.98. The van der Waals surface area contributed by atoms with Gasteiger partial charge in [-0.1, -0.05) is 0 Å². The molecule has 1 heterocycles. The molecule has 3 nitrogen and oxygen atoms in total. The smallest absolute Gasteiger partial charge is 0.230 e. The van der Waals surface area contributed by atoms with Gasteiger partial charge in [-0.3, -0.25) is 4.79 Å². The molecule has 16 heavy (non-hydrogen) atoms. The van der Waals surface area contributed by atoms with E-state index in [2.05, 4.69) is 10.3 Å². The Morgan fingerprint density at radius 3 is 3.19 bits per heavy atom. The molecule has 0 radical (unpaired) electrons. The molecule has 5 heteroatoms. The molecule has 1 amide bonds. The van der Waals surface area contributed by atoms with Crippen molar-refractivity contribution in [3.8, 4) is 0 Å². The first kappa shape index (κ1) is 11.9. The standard InChI is InChI=1S/C11H16N2OS2/c14-10(8-15-7-9-1-2-9)12-4-3-11-13-5-6-16-11/h5-6,9H,1-4,7-8H2,(H,12,14). The van der Waals surface area contributed by atoms with Crippen LogP contribution in [0.5, 0.6) is 0 Å². The molecule has 1 fully saturated rings. The lowest BCUT2D eigenvalue weighted by Crippen LogP contribution is -2.27. The van der Waals surface area contributed by atoms with Crippen LogP contribution in [-0.4, -0.2) is 28.9 Å². The van der Waals surface area contributed by atoms with Gasteiger partial charge in [0.2, 0.25) is 5.91 Å². The van der Waals surface area contributed by atoms with Gasteiger partial charge in [0, 0.05) is 24.5 Å². The summed E-state index contributed by atoms with van der Waals surface area (Å²) in [5.41, 5.74) is 0. The van der Waals surface area contributed by atoms with Crippen LogP contribution in [0.4, 0.5) is 0 Å². The Morgan fingerprint density at radius 1 is 1.62 bits per heavy atom. The van der Waals surface area contributed by atoms with E-state index in [0.29, 0.717) is 12.3 Å². The predicted octanol–water partition coefficient (Wildman–Crippen LogP) is 1.95. The molecule has 0 saturated heterocycles. The minimum Gasteiger partial charge on any atom is -0.355 e.